The zero-order valence-corrected chi connectivity index (χ0v) is 18.6. The van der Waals surface area contributed by atoms with E-state index < -0.39 is 17.7 Å². The lowest BCUT2D eigenvalue weighted by molar-refractivity contribution is -0.123. The number of fused-ring (bicyclic) bond motifs is 1. The van der Waals surface area contributed by atoms with Crippen LogP contribution < -0.4 is 5.32 Å². The lowest BCUT2D eigenvalue weighted by Gasteiger charge is -2.37. The van der Waals surface area contributed by atoms with Crippen molar-refractivity contribution in [2.45, 2.75) is 18.6 Å². The van der Waals surface area contributed by atoms with Crippen molar-refractivity contribution in [3.63, 3.8) is 0 Å². The van der Waals surface area contributed by atoms with E-state index >= 15 is 0 Å². The first kappa shape index (κ1) is 22.0. The minimum Gasteiger partial charge on any atom is -0.348 e. The first-order valence-electron chi connectivity index (χ1n) is 11.3. The highest BCUT2D eigenvalue weighted by atomic mass is 19.1. The molecular formula is C28H25F2N3O. The summed E-state index contributed by atoms with van der Waals surface area (Å²) in [5.74, 6) is -1.40. The van der Waals surface area contributed by atoms with Crippen molar-refractivity contribution in [1.82, 2.24) is 14.8 Å². The number of carbonyl (C=O) groups is 1. The molecule has 4 aromatic rings. The maximum absolute atomic E-state index is 14.8. The van der Waals surface area contributed by atoms with Gasteiger partial charge >= 0.3 is 0 Å². The summed E-state index contributed by atoms with van der Waals surface area (Å²) in [6.45, 7) is 1.34. The second-order valence-corrected chi connectivity index (χ2v) is 8.49. The number of rotatable bonds is 6. The maximum atomic E-state index is 14.8. The molecule has 0 bridgehead atoms. The van der Waals surface area contributed by atoms with E-state index in [9.17, 15) is 13.6 Å². The van der Waals surface area contributed by atoms with Gasteiger partial charge in [-0.05, 0) is 29.3 Å². The molecule has 2 heterocycles. The molecule has 4 nitrogen and oxygen atoms in total. The normalized spacial score (nSPS) is 15.8. The second-order valence-electron chi connectivity index (χ2n) is 8.49. The van der Waals surface area contributed by atoms with E-state index in [0.717, 1.165) is 22.9 Å². The van der Waals surface area contributed by atoms with Crippen LogP contribution in [0, 0.1) is 11.6 Å². The Kier molecular flexibility index (Phi) is 6.23. The molecule has 1 aliphatic heterocycles. The Morgan fingerprint density at radius 3 is 2.21 bits per heavy atom. The largest absolute Gasteiger partial charge is 0.348 e. The number of hydrogen-bond acceptors (Lipinski definition) is 2. The SMILES string of the molecule is O=C(CN1CCn2cccc2C1c1ccc(F)cc1F)NC(c1ccccc1)c1ccccc1. The molecule has 172 valence electrons. The van der Waals surface area contributed by atoms with Crippen LogP contribution in [0.4, 0.5) is 8.78 Å². The van der Waals surface area contributed by atoms with Crippen LogP contribution in [0.25, 0.3) is 0 Å². The van der Waals surface area contributed by atoms with E-state index in [1.54, 1.807) is 0 Å². The second kappa shape index (κ2) is 9.61. The number of benzene rings is 3. The van der Waals surface area contributed by atoms with E-state index in [1.165, 1.54) is 12.1 Å². The summed E-state index contributed by atoms with van der Waals surface area (Å²) in [5.41, 5.74) is 3.20. The number of nitrogens with one attached hydrogen (secondary N) is 1. The van der Waals surface area contributed by atoms with Gasteiger partial charge in [0.05, 0.1) is 18.6 Å². The average molecular weight is 458 g/mol. The van der Waals surface area contributed by atoms with Crippen molar-refractivity contribution >= 4 is 5.91 Å². The monoisotopic (exact) mass is 457 g/mol. The van der Waals surface area contributed by atoms with Gasteiger partial charge in [0.15, 0.2) is 0 Å². The van der Waals surface area contributed by atoms with Gasteiger partial charge < -0.3 is 9.88 Å². The Morgan fingerprint density at radius 2 is 1.56 bits per heavy atom. The zero-order chi connectivity index (χ0) is 23.5. The van der Waals surface area contributed by atoms with E-state index in [4.69, 9.17) is 0 Å². The Hall–Kier alpha value is -3.77. The van der Waals surface area contributed by atoms with Crippen LogP contribution in [0.15, 0.2) is 97.2 Å². The molecule has 0 saturated carbocycles. The number of amides is 1. The molecule has 5 rings (SSSR count). The van der Waals surface area contributed by atoms with Crippen molar-refractivity contribution in [2.75, 3.05) is 13.1 Å². The predicted molar refractivity (Wildman–Crippen MR) is 127 cm³/mol. The summed E-state index contributed by atoms with van der Waals surface area (Å²) in [7, 11) is 0. The molecule has 6 heteroatoms. The summed E-state index contributed by atoms with van der Waals surface area (Å²) in [5, 5.41) is 3.17. The lowest BCUT2D eigenvalue weighted by Crippen LogP contribution is -2.45. The minimum absolute atomic E-state index is 0.0861. The summed E-state index contributed by atoms with van der Waals surface area (Å²) in [6.07, 6.45) is 1.95. The topological polar surface area (TPSA) is 37.3 Å². The van der Waals surface area contributed by atoms with Gasteiger partial charge in [0, 0.05) is 36.6 Å². The van der Waals surface area contributed by atoms with E-state index in [0.29, 0.717) is 18.7 Å². The van der Waals surface area contributed by atoms with Crippen LogP contribution in [-0.2, 0) is 11.3 Å². The van der Waals surface area contributed by atoms with Crippen molar-refractivity contribution < 1.29 is 13.6 Å². The van der Waals surface area contributed by atoms with Gasteiger partial charge in [-0.25, -0.2) is 8.78 Å². The third-order valence-electron chi connectivity index (χ3n) is 6.31. The Balaban J connectivity index is 1.42. The molecule has 0 fully saturated rings. The molecule has 3 aromatic carbocycles. The standard InChI is InChI=1S/C28H25F2N3O/c29-22-13-14-23(24(30)18-22)28-25-12-7-15-32(25)16-17-33(28)19-26(34)31-27(20-8-3-1-4-9-20)21-10-5-2-6-11-21/h1-15,18,27-28H,16-17,19H2,(H,31,34). The molecule has 0 saturated heterocycles. The summed E-state index contributed by atoms with van der Waals surface area (Å²) in [6, 6.07) is 26.3. The predicted octanol–water partition coefficient (Wildman–Crippen LogP) is 5.08. The molecule has 0 aliphatic carbocycles. The van der Waals surface area contributed by atoms with E-state index in [2.05, 4.69) is 9.88 Å². The molecule has 0 spiro atoms. The third-order valence-corrected chi connectivity index (χ3v) is 6.31. The molecule has 34 heavy (non-hydrogen) atoms. The van der Waals surface area contributed by atoms with Crippen LogP contribution in [0.3, 0.4) is 0 Å². The zero-order valence-electron chi connectivity index (χ0n) is 18.6. The van der Waals surface area contributed by atoms with Crippen LogP contribution >= 0.6 is 0 Å². The fourth-order valence-electron chi connectivity index (χ4n) is 4.72. The van der Waals surface area contributed by atoms with Gasteiger partial charge in [0.1, 0.15) is 11.6 Å². The van der Waals surface area contributed by atoms with Gasteiger partial charge in [0.2, 0.25) is 5.91 Å². The summed E-state index contributed by atoms with van der Waals surface area (Å²) < 4.78 is 30.5. The van der Waals surface area contributed by atoms with Crippen LogP contribution in [0.1, 0.15) is 34.5 Å². The highest BCUT2D eigenvalue weighted by molar-refractivity contribution is 5.79. The number of aromatic nitrogens is 1. The lowest BCUT2D eigenvalue weighted by atomic mass is 9.98. The molecule has 0 radical (unpaired) electrons. The van der Waals surface area contributed by atoms with Gasteiger partial charge in [-0.15, -0.1) is 0 Å². The maximum Gasteiger partial charge on any atom is 0.234 e. The third kappa shape index (κ3) is 4.50. The highest BCUT2D eigenvalue weighted by Gasteiger charge is 2.32. The Labute approximate surface area is 197 Å². The summed E-state index contributed by atoms with van der Waals surface area (Å²) in [4.78, 5) is 15.3. The average Bonchev–Trinajstić information content (AvgIpc) is 3.33. The summed E-state index contributed by atoms with van der Waals surface area (Å²) >= 11 is 0. The van der Waals surface area contributed by atoms with Crippen molar-refractivity contribution in [3.8, 4) is 0 Å². The van der Waals surface area contributed by atoms with Crippen LogP contribution in [0.5, 0.6) is 0 Å². The molecule has 1 amide bonds. The van der Waals surface area contributed by atoms with Crippen molar-refractivity contribution in [2.24, 2.45) is 0 Å². The molecule has 1 unspecified atom stereocenters. The van der Waals surface area contributed by atoms with Gasteiger partial charge in [-0.1, -0.05) is 66.7 Å². The Morgan fingerprint density at radius 1 is 0.882 bits per heavy atom. The molecule has 1 atom stereocenters. The molecule has 1 aliphatic rings. The van der Waals surface area contributed by atoms with Crippen LogP contribution in [-0.4, -0.2) is 28.5 Å². The van der Waals surface area contributed by atoms with Gasteiger partial charge in [0.25, 0.3) is 0 Å². The highest BCUT2D eigenvalue weighted by Crippen LogP contribution is 2.34. The fraction of sp³-hybridized carbons (Fsp3) is 0.179. The van der Waals surface area contributed by atoms with E-state index in [1.807, 2.05) is 83.9 Å². The van der Waals surface area contributed by atoms with Crippen LogP contribution in [0.2, 0.25) is 0 Å². The minimum atomic E-state index is -0.620. The fourth-order valence-corrected chi connectivity index (χ4v) is 4.72. The number of carbonyl (C=O) groups excluding carboxylic acids is 1. The molecule has 1 N–H and O–H groups in total. The molecular weight excluding hydrogens is 432 g/mol. The number of hydrogen-bond donors (Lipinski definition) is 1. The quantitative estimate of drug-likeness (QED) is 0.439. The van der Waals surface area contributed by atoms with Gasteiger partial charge in [-0.3, -0.25) is 9.69 Å². The van der Waals surface area contributed by atoms with E-state index in [-0.39, 0.29) is 18.5 Å². The smallest absolute Gasteiger partial charge is 0.234 e. The van der Waals surface area contributed by atoms with Crippen molar-refractivity contribution in [1.29, 1.82) is 0 Å². The first-order chi connectivity index (χ1) is 16.6. The number of nitrogens with zero attached hydrogens (tertiary/aromatic N) is 2. The number of halogens is 2. The van der Waals surface area contributed by atoms with Gasteiger partial charge in [-0.2, -0.15) is 0 Å². The molecule has 1 aromatic heterocycles. The first-order valence-corrected chi connectivity index (χ1v) is 11.3. The Bertz CT molecular complexity index is 1230. The van der Waals surface area contributed by atoms with Crippen molar-refractivity contribution in [3.05, 3.63) is 131 Å².